The SMILES string of the molecule is CCNC(=NCc1ccccc1OC)NCCCn1nc(C)cc1C. The second kappa shape index (κ2) is 9.71. The molecule has 2 rings (SSSR count). The van der Waals surface area contributed by atoms with E-state index in [0.717, 1.165) is 49.0 Å². The zero-order valence-electron chi connectivity index (χ0n) is 15.7. The Hall–Kier alpha value is -2.50. The predicted molar refractivity (Wildman–Crippen MR) is 102 cm³/mol. The van der Waals surface area contributed by atoms with Crippen LogP contribution in [-0.4, -0.2) is 35.9 Å². The van der Waals surface area contributed by atoms with Gasteiger partial charge in [-0.1, -0.05) is 18.2 Å². The lowest BCUT2D eigenvalue weighted by molar-refractivity contribution is 0.410. The van der Waals surface area contributed by atoms with E-state index in [2.05, 4.69) is 45.3 Å². The number of aromatic nitrogens is 2. The Bertz CT molecular complexity index is 693. The van der Waals surface area contributed by atoms with Gasteiger partial charge in [0.2, 0.25) is 0 Å². The van der Waals surface area contributed by atoms with Crippen molar-refractivity contribution < 1.29 is 4.74 Å². The number of guanidine groups is 1. The third-order valence-electron chi connectivity index (χ3n) is 3.89. The highest BCUT2D eigenvalue weighted by molar-refractivity contribution is 5.79. The average Bonchev–Trinajstić information content (AvgIpc) is 2.94. The summed E-state index contributed by atoms with van der Waals surface area (Å²) in [5, 5.41) is 11.1. The first-order chi connectivity index (χ1) is 12.1. The van der Waals surface area contributed by atoms with Gasteiger partial charge in [0.1, 0.15) is 5.75 Å². The summed E-state index contributed by atoms with van der Waals surface area (Å²) in [7, 11) is 1.69. The van der Waals surface area contributed by atoms with Gasteiger partial charge in [0.25, 0.3) is 0 Å². The number of para-hydroxylation sites is 1. The van der Waals surface area contributed by atoms with Crippen molar-refractivity contribution in [3.8, 4) is 5.75 Å². The van der Waals surface area contributed by atoms with Crippen LogP contribution in [0.15, 0.2) is 35.3 Å². The fourth-order valence-corrected chi connectivity index (χ4v) is 2.68. The normalized spacial score (nSPS) is 11.4. The van der Waals surface area contributed by atoms with Crippen molar-refractivity contribution in [3.63, 3.8) is 0 Å². The summed E-state index contributed by atoms with van der Waals surface area (Å²) in [6, 6.07) is 10.1. The molecule has 136 valence electrons. The molecule has 6 nitrogen and oxygen atoms in total. The van der Waals surface area contributed by atoms with Crippen LogP contribution in [0.5, 0.6) is 5.75 Å². The molecule has 0 atom stereocenters. The molecule has 0 aliphatic heterocycles. The van der Waals surface area contributed by atoms with Gasteiger partial charge in [-0.3, -0.25) is 4.68 Å². The summed E-state index contributed by atoms with van der Waals surface area (Å²) in [6.07, 6.45) is 0.987. The van der Waals surface area contributed by atoms with Crippen LogP contribution in [0.3, 0.4) is 0 Å². The molecule has 6 heteroatoms. The molecule has 0 aliphatic rings. The van der Waals surface area contributed by atoms with E-state index in [1.54, 1.807) is 7.11 Å². The fraction of sp³-hybridized carbons (Fsp3) is 0.474. The standard InChI is InChI=1S/C19H29N5O/c1-5-20-19(22-14-17-9-6-7-10-18(17)25-4)21-11-8-12-24-16(3)13-15(2)23-24/h6-7,9-10,13H,5,8,11-12,14H2,1-4H3,(H2,20,21,22). The number of hydrogen-bond acceptors (Lipinski definition) is 3. The van der Waals surface area contributed by atoms with Gasteiger partial charge < -0.3 is 15.4 Å². The van der Waals surface area contributed by atoms with E-state index < -0.39 is 0 Å². The highest BCUT2D eigenvalue weighted by Gasteiger charge is 2.03. The van der Waals surface area contributed by atoms with Gasteiger partial charge in [0.15, 0.2) is 5.96 Å². The first kappa shape index (κ1) is 18.8. The van der Waals surface area contributed by atoms with Crippen molar-refractivity contribution in [3.05, 3.63) is 47.3 Å². The number of aryl methyl sites for hydroxylation is 3. The Morgan fingerprint density at radius 1 is 1.24 bits per heavy atom. The van der Waals surface area contributed by atoms with Crippen LogP contribution in [0.4, 0.5) is 0 Å². The summed E-state index contributed by atoms with van der Waals surface area (Å²) >= 11 is 0. The maximum absolute atomic E-state index is 5.38. The first-order valence-corrected chi connectivity index (χ1v) is 8.79. The highest BCUT2D eigenvalue weighted by Crippen LogP contribution is 2.17. The molecule has 1 aromatic heterocycles. The molecule has 0 saturated carbocycles. The predicted octanol–water partition coefficient (Wildman–Crippen LogP) is 2.65. The molecule has 0 fully saturated rings. The van der Waals surface area contributed by atoms with Gasteiger partial charge in [-0.15, -0.1) is 0 Å². The molecule has 2 aromatic rings. The number of rotatable bonds is 8. The summed E-state index contributed by atoms with van der Waals surface area (Å²) in [4.78, 5) is 4.65. The maximum Gasteiger partial charge on any atom is 0.191 e. The quantitative estimate of drug-likeness (QED) is 0.439. The van der Waals surface area contributed by atoms with Crippen LogP contribution in [0.25, 0.3) is 0 Å². The molecule has 0 radical (unpaired) electrons. The summed E-state index contributed by atoms with van der Waals surface area (Å²) < 4.78 is 7.43. The van der Waals surface area contributed by atoms with E-state index in [-0.39, 0.29) is 0 Å². The van der Waals surface area contributed by atoms with Crippen LogP contribution in [0.1, 0.15) is 30.3 Å². The van der Waals surface area contributed by atoms with Crippen LogP contribution >= 0.6 is 0 Å². The number of benzene rings is 1. The lowest BCUT2D eigenvalue weighted by atomic mass is 10.2. The Labute approximate surface area is 150 Å². The van der Waals surface area contributed by atoms with Crippen molar-refractivity contribution in [1.82, 2.24) is 20.4 Å². The van der Waals surface area contributed by atoms with E-state index in [0.29, 0.717) is 6.54 Å². The third kappa shape index (κ3) is 5.81. The first-order valence-electron chi connectivity index (χ1n) is 8.79. The van der Waals surface area contributed by atoms with E-state index >= 15 is 0 Å². The molecule has 0 saturated heterocycles. The monoisotopic (exact) mass is 343 g/mol. The van der Waals surface area contributed by atoms with Crippen molar-refractivity contribution >= 4 is 5.96 Å². The van der Waals surface area contributed by atoms with Gasteiger partial charge in [-0.2, -0.15) is 5.10 Å². The Kier molecular flexibility index (Phi) is 7.32. The molecule has 2 N–H and O–H groups in total. The van der Waals surface area contributed by atoms with Crippen LogP contribution in [-0.2, 0) is 13.1 Å². The molecule has 0 aliphatic carbocycles. The fourth-order valence-electron chi connectivity index (χ4n) is 2.68. The van der Waals surface area contributed by atoms with E-state index in [9.17, 15) is 0 Å². The van der Waals surface area contributed by atoms with Crippen molar-refractivity contribution in [2.24, 2.45) is 4.99 Å². The van der Waals surface area contributed by atoms with E-state index in [1.807, 2.05) is 31.2 Å². The lowest BCUT2D eigenvalue weighted by Crippen LogP contribution is -2.38. The Balaban J connectivity index is 1.86. The smallest absolute Gasteiger partial charge is 0.191 e. The zero-order valence-corrected chi connectivity index (χ0v) is 15.7. The largest absolute Gasteiger partial charge is 0.496 e. The summed E-state index contributed by atoms with van der Waals surface area (Å²) in [5.74, 6) is 1.69. The minimum Gasteiger partial charge on any atom is -0.496 e. The molecule has 0 unspecified atom stereocenters. The Morgan fingerprint density at radius 2 is 2.04 bits per heavy atom. The molecule has 0 bridgehead atoms. The second-order valence-corrected chi connectivity index (χ2v) is 5.94. The minimum atomic E-state index is 0.580. The van der Waals surface area contributed by atoms with Crippen molar-refractivity contribution in [2.45, 2.75) is 40.3 Å². The van der Waals surface area contributed by atoms with Gasteiger partial charge in [-0.05, 0) is 39.3 Å². The molecular formula is C19H29N5O. The number of methoxy groups -OCH3 is 1. The summed E-state index contributed by atoms with van der Waals surface area (Å²) in [6.45, 7) is 9.33. The molecule has 0 spiro atoms. The number of nitrogens with one attached hydrogen (secondary N) is 2. The van der Waals surface area contributed by atoms with Crippen molar-refractivity contribution in [1.29, 1.82) is 0 Å². The zero-order chi connectivity index (χ0) is 18.1. The number of aliphatic imine (C=N–C) groups is 1. The number of hydrogen-bond donors (Lipinski definition) is 2. The highest BCUT2D eigenvalue weighted by atomic mass is 16.5. The van der Waals surface area contributed by atoms with E-state index in [1.165, 1.54) is 5.69 Å². The number of nitrogens with zero attached hydrogens (tertiary/aromatic N) is 3. The van der Waals surface area contributed by atoms with E-state index in [4.69, 9.17) is 4.74 Å². The molecule has 1 aromatic carbocycles. The minimum absolute atomic E-state index is 0.580. The molecule has 1 heterocycles. The lowest BCUT2D eigenvalue weighted by Gasteiger charge is -2.12. The second-order valence-electron chi connectivity index (χ2n) is 5.94. The van der Waals surface area contributed by atoms with Crippen molar-refractivity contribution in [2.75, 3.05) is 20.2 Å². The topological polar surface area (TPSA) is 63.5 Å². The van der Waals surface area contributed by atoms with Crippen LogP contribution in [0, 0.1) is 13.8 Å². The summed E-state index contributed by atoms with van der Waals surface area (Å²) in [5.41, 5.74) is 3.34. The molecule has 25 heavy (non-hydrogen) atoms. The van der Waals surface area contributed by atoms with Crippen LogP contribution in [0.2, 0.25) is 0 Å². The maximum atomic E-state index is 5.38. The third-order valence-corrected chi connectivity index (χ3v) is 3.89. The molecule has 0 amide bonds. The average molecular weight is 343 g/mol. The van der Waals surface area contributed by atoms with Gasteiger partial charge in [-0.25, -0.2) is 4.99 Å². The molecular weight excluding hydrogens is 314 g/mol. The number of ether oxygens (including phenoxy) is 1. The van der Waals surface area contributed by atoms with Gasteiger partial charge in [0.05, 0.1) is 19.3 Å². The van der Waals surface area contributed by atoms with Gasteiger partial charge in [0, 0.05) is 30.9 Å². The van der Waals surface area contributed by atoms with Crippen LogP contribution < -0.4 is 15.4 Å². The Morgan fingerprint density at radius 3 is 2.72 bits per heavy atom. The van der Waals surface area contributed by atoms with Gasteiger partial charge >= 0.3 is 0 Å².